The second kappa shape index (κ2) is 5.80. The predicted molar refractivity (Wildman–Crippen MR) is 76.3 cm³/mol. The largest absolute Gasteiger partial charge is 0.480 e. The van der Waals surface area contributed by atoms with Crippen molar-refractivity contribution in [2.75, 3.05) is 6.54 Å². The zero-order chi connectivity index (χ0) is 14.0. The van der Waals surface area contributed by atoms with Crippen LogP contribution in [0.15, 0.2) is 0 Å². The van der Waals surface area contributed by atoms with Crippen molar-refractivity contribution in [1.29, 1.82) is 0 Å². The van der Waals surface area contributed by atoms with Gasteiger partial charge >= 0.3 is 5.97 Å². The molecule has 0 saturated heterocycles. The molecule has 2 N–H and O–H groups in total. The standard InChI is InChI=1S/C15H28N2O2/c1-4-11(3)17(5-2)13-8-9-15(10-13,14(18)19)16-12-6-7-12/h11-13,16H,4-10H2,1-3H3,(H,18,19). The van der Waals surface area contributed by atoms with Crippen LogP contribution < -0.4 is 5.32 Å². The van der Waals surface area contributed by atoms with Gasteiger partial charge in [0.2, 0.25) is 0 Å². The maximum Gasteiger partial charge on any atom is 0.323 e. The molecule has 2 rings (SSSR count). The molecular weight excluding hydrogens is 240 g/mol. The minimum atomic E-state index is -0.660. The number of carboxylic acids is 1. The third-order valence-electron chi connectivity index (χ3n) is 4.95. The highest BCUT2D eigenvalue weighted by molar-refractivity contribution is 5.79. The second-order valence-corrected chi connectivity index (χ2v) is 6.29. The van der Waals surface area contributed by atoms with Crippen LogP contribution >= 0.6 is 0 Å². The quantitative estimate of drug-likeness (QED) is 0.743. The first-order valence-electron chi connectivity index (χ1n) is 7.79. The highest BCUT2D eigenvalue weighted by atomic mass is 16.4. The van der Waals surface area contributed by atoms with Crippen LogP contribution in [0.3, 0.4) is 0 Å². The van der Waals surface area contributed by atoms with Gasteiger partial charge in [-0.05, 0) is 52.0 Å². The maximum atomic E-state index is 11.7. The first kappa shape index (κ1) is 14.8. The van der Waals surface area contributed by atoms with Crippen LogP contribution in [0.5, 0.6) is 0 Å². The monoisotopic (exact) mass is 268 g/mol. The third-order valence-corrected chi connectivity index (χ3v) is 4.95. The van der Waals surface area contributed by atoms with Gasteiger partial charge in [-0.25, -0.2) is 0 Å². The van der Waals surface area contributed by atoms with E-state index in [2.05, 4.69) is 31.0 Å². The van der Waals surface area contributed by atoms with E-state index in [4.69, 9.17) is 0 Å². The van der Waals surface area contributed by atoms with E-state index in [1.54, 1.807) is 0 Å². The molecule has 2 saturated carbocycles. The topological polar surface area (TPSA) is 52.6 Å². The molecule has 0 aromatic carbocycles. The zero-order valence-electron chi connectivity index (χ0n) is 12.5. The van der Waals surface area contributed by atoms with Gasteiger partial charge in [0.05, 0.1) is 0 Å². The molecule has 110 valence electrons. The normalized spacial score (nSPS) is 32.7. The lowest BCUT2D eigenvalue weighted by Crippen LogP contribution is -2.52. The third kappa shape index (κ3) is 3.11. The number of nitrogens with zero attached hydrogens (tertiary/aromatic N) is 1. The molecule has 2 fully saturated rings. The summed E-state index contributed by atoms with van der Waals surface area (Å²) in [5.74, 6) is -0.651. The Kier molecular flexibility index (Phi) is 4.51. The molecule has 0 spiro atoms. The molecule has 4 nitrogen and oxygen atoms in total. The van der Waals surface area contributed by atoms with Crippen molar-refractivity contribution in [3.05, 3.63) is 0 Å². The fourth-order valence-electron chi connectivity index (χ4n) is 3.47. The molecule has 19 heavy (non-hydrogen) atoms. The van der Waals surface area contributed by atoms with Crippen molar-refractivity contribution in [2.24, 2.45) is 0 Å². The second-order valence-electron chi connectivity index (χ2n) is 6.29. The van der Waals surface area contributed by atoms with E-state index in [0.717, 1.165) is 45.1 Å². The lowest BCUT2D eigenvalue weighted by Gasteiger charge is -2.34. The molecule has 0 heterocycles. The van der Waals surface area contributed by atoms with E-state index in [0.29, 0.717) is 18.1 Å². The number of carbonyl (C=O) groups is 1. The van der Waals surface area contributed by atoms with Gasteiger partial charge in [0.1, 0.15) is 5.54 Å². The van der Waals surface area contributed by atoms with E-state index in [1.165, 1.54) is 0 Å². The van der Waals surface area contributed by atoms with Gasteiger partial charge in [-0.15, -0.1) is 0 Å². The summed E-state index contributed by atoms with van der Waals surface area (Å²) >= 11 is 0. The Morgan fingerprint density at radius 1 is 1.42 bits per heavy atom. The number of aliphatic carboxylic acids is 1. The van der Waals surface area contributed by atoms with E-state index in [9.17, 15) is 9.90 Å². The highest BCUT2D eigenvalue weighted by Crippen LogP contribution is 2.37. The molecule has 0 aromatic rings. The number of hydrogen-bond donors (Lipinski definition) is 2. The van der Waals surface area contributed by atoms with Gasteiger partial charge < -0.3 is 5.11 Å². The molecule has 0 aliphatic heterocycles. The summed E-state index contributed by atoms with van der Waals surface area (Å²) in [5, 5.41) is 13.0. The number of rotatable bonds is 7. The van der Waals surface area contributed by atoms with Crippen LogP contribution in [-0.4, -0.2) is 46.2 Å². The van der Waals surface area contributed by atoms with Crippen LogP contribution in [0.25, 0.3) is 0 Å². The van der Waals surface area contributed by atoms with Gasteiger partial charge in [-0.2, -0.15) is 0 Å². The molecule has 2 aliphatic carbocycles. The summed E-state index contributed by atoms with van der Waals surface area (Å²) in [6, 6.07) is 1.41. The Morgan fingerprint density at radius 3 is 2.58 bits per heavy atom. The number of carboxylic acid groups (broad SMARTS) is 1. The minimum absolute atomic E-state index is 0.419. The summed E-state index contributed by atoms with van der Waals surface area (Å²) in [6.07, 6.45) is 5.95. The highest BCUT2D eigenvalue weighted by Gasteiger charge is 2.49. The smallest absolute Gasteiger partial charge is 0.323 e. The Morgan fingerprint density at radius 2 is 2.11 bits per heavy atom. The van der Waals surface area contributed by atoms with Crippen LogP contribution in [0.4, 0.5) is 0 Å². The summed E-state index contributed by atoms with van der Waals surface area (Å²) in [5.41, 5.74) is -0.660. The van der Waals surface area contributed by atoms with Crippen molar-refractivity contribution >= 4 is 5.97 Å². The number of nitrogens with one attached hydrogen (secondary N) is 1. The predicted octanol–water partition coefficient (Wildman–Crippen LogP) is 2.23. The van der Waals surface area contributed by atoms with Crippen molar-refractivity contribution in [3.8, 4) is 0 Å². The van der Waals surface area contributed by atoms with Crippen LogP contribution in [0, 0.1) is 0 Å². The van der Waals surface area contributed by atoms with Gasteiger partial charge in [-0.1, -0.05) is 13.8 Å². The lowest BCUT2D eigenvalue weighted by atomic mass is 9.96. The average Bonchev–Trinajstić information content (AvgIpc) is 3.09. The van der Waals surface area contributed by atoms with Gasteiger partial charge in [0, 0.05) is 18.1 Å². The fourth-order valence-corrected chi connectivity index (χ4v) is 3.47. The Hall–Kier alpha value is -0.610. The molecule has 0 bridgehead atoms. The lowest BCUT2D eigenvalue weighted by molar-refractivity contribution is -0.145. The SMILES string of the molecule is CCC(C)N(CC)C1CCC(NC2CC2)(C(=O)O)C1. The minimum Gasteiger partial charge on any atom is -0.480 e. The van der Waals surface area contributed by atoms with E-state index < -0.39 is 11.5 Å². The zero-order valence-corrected chi connectivity index (χ0v) is 12.5. The Labute approximate surface area is 116 Å². The summed E-state index contributed by atoms with van der Waals surface area (Å²) in [4.78, 5) is 14.2. The number of hydrogen-bond acceptors (Lipinski definition) is 3. The Bertz CT molecular complexity index is 330. The first-order chi connectivity index (χ1) is 9.02. The summed E-state index contributed by atoms with van der Waals surface area (Å²) in [6.45, 7) is 7.65. The van der Waals surface area contributed by atoms with Crippen LogP contribution in [-0.2, 0) is 4.79 Å². The van der Waals surface area contributed by atoms with Crippen LogP contribution in [0.2, 0.25) is 0 Å². The van der Waals surface area contributed by atoms with Crippen molar-refractivity contribution in [1.82, 2.24) is 10.2 Å². The van der Waals surface area contributed by atoms with Crippen molar-refractivity contribution in [3.63, 3.8) is 0 Å². The molecule has 3 unspecified atom stereocenters. The summed E-state index contributed by atoms with van der Waals surface area (Å²) in [7, 11) is 0. The molecule has 0 radical (unpaired) electrons. The molecular formula is C15H28N2O2. The Balaban J connectivity index is 2.04. The van der Waals surface area contributed by atoms with Crippen LogP contribution in [0.1, 0.15) is 59.3 Å². The fraction of sp³-hybridized carbons (Fsp3) is 0.933. The van der Waals surface area contributed by atoms with Gasteiger partial charge in [0.15, 0.2) is 0 Å². The molecule has 0 aromatic heterocycles. The first-order valence-corrected chi connectivity index (χ1v) is 7.79. The van der Waals surface area contributed by atoms with Crippen molar-refractivity contribution in [2.45, 2.75) is 83.0 Å². The van der Waals surface area contributed by atoms with Gasteiger partial charge in [0.25, 0.3) is 0 Å². The molecule has 3 atom stereocenters. The maximum absolute atomic E-state index is 11.7. The van der Waals surface area contributed by atoms with E-state index >= 15 is 0 Å². The van der Waals surface area contributed by atoms with Gasteiger partial charge in [-0.3, -0.25) is 15.0 Å². The molecule has 4 heteroatoms. The van der Waals surface area contributed by atoms with E-state index in [-0.39, 0.29) is 0 Å². The average molecular weight is 268 g/mol. The van der Waals surface area contributed by atoms with Crippen molar-refractivity contribution < 1.29 is 9.90 Å². The molecule has 2 aliphatic rings. The molecule has 0 amide bonds. The van der Waals surface area contributed by atoms with E-state index in [1.807, 2.05) is 0 Å². The summed E-state index contributed by atoms with van der Waals surface area (Å²) < 4.78 is 0.